The SMILES string of the molecule is O=C(O[C@H]([C@@H](O)[C@@H]1COC2(CCCCC2)O1)[C@@H](CO)OC(=O)c1ccccc1)c1ccccc1. The Morgan fingerprint density at radius 3 is 2.03 bits per heavy atom. The number of hydrogen-bond acceptors (Lipinski definition) is 8. The van der Waals surface area contributed by atoms with Gasteiger partial charge in [0.15, 0.2) is 18.0 Å². The quantitative estimate of drug-likeness (QED) is 0.567. The summed E-state index contributed by atoms with van der Waals surface area (Å²) in [6, 6.07) is 16.5. The standard InChI is InChI=1S/C26H30O8/c27-16-20(32-24(29)18-10-4-1-5-11-18)23(33-25(30)19-12-6-2-7-13-19)22(28)21-17-31-26(34-21)14-8-3-9-15-26/h1-2,4-7,10-13,20-23,27-28H,3,8-9,14-17H2/t20-,21+,22+,23+/m1/s1. The zero-order valence-electron chi connectivity index (χ0n) is 18.9. The van der Waals surface area contributed by atoms with Gasteiger partial charge in [0.1, 0.15) is 12.2 Å². The number of aliphatic hydroxyl groups is 2. The van der Waals surface area contributed by atoms with Crippen LogP contribution < -0.4 is 0 Å². The van der Waals surface area contributed by atoms with Gasteiger partial charge in [-0.25, -0.2) is 9.59 Å². The first-order chi connectivity index (χ1) is 16.5. The van der Waals surface area contributed by atoms with E-state index in [0.717, 1.165) is 32.1 Å². The molecule has 1 heterocycles. The van der Waals surface area contributed by atoms with Gasteiger partial charge in [-0.3, -0.25) is 0 Å². The first-order valence-electron chi connectivity index (χ1n) is 11.6. The molecule has 0 unspecified atom stereocenters. The van der Waals surface area contributed by atoms with Crippen LogP contribution in [0.15, 0.2) is 60.7 Å². The van der Waals surface area contributed by atoms with Crippen molar-refractivity contribution < 1.29 is 38.7 Å². The molecule has 2 fully saturated rings. The minimum absolute atomic E-state index is 0.103. The summed E-state index contributed by atoms with van der Waals surface area (Å²) in [4.78, 5) is 25.5. The van der Waals surface area contributed by atoms with Gasteiger partial charge in [-0.15, -0.1) is 0 Å². The molecule has 34 heavy (non-hydrogen) atoms. The number of rotatable bonds is 8. The number of aliphatic hydroxyl groups excluding tert-OH is 2. The van der Waals surface area contributed by atoms with Gasteiger partial charge in [-0.1, -0.05) is 42.8 Å². The van der Waals surface area contributed by atoms with Crippen molar-refractivity contribution in [2.75, 3.05) is 13.2 Å². The topological polar surface area (TPSA) is 112 Å². The first kappa shape index (κ1) is 24.3. The highest BCUT2D eigenvalue weighted by molar-refractivity contribution is 5.90. The van der Waals surface area contributed by atoms with E-state index in [2.05, 4.69) is 0 Å². The normalized spacial score (nSPS) is 22.0. The van der Waals surface area contributed by atoms with Gasteiger partial charge in [-0.2, -0.15) is 0 Å². The molecule has 4 atom stereocenters. The Morgan fingerprint density at radius 2 is 1.47 bits per heavy atom. The molecule has 0 aromatic heterocycles. The lowest BCUT2D eigenvalue weighted by Crippen LogP contribution is -2.51. The van der Waals surface area contributed by atoms with Crippen LogP contribution in [0, 0.1) is 0 Å². The number of esters is 2. The van der Waals surface area contributed by atoms with Gasteiger partial charge >= 0.3 is 11.9 Å². The molecule has 4 rings (SSSR count). The van der Waals surface area contributed by atoms with Crippen molar-refractivity contribution in [3.63, 3.8) is 0 Å². The first-order valence-corrected chi connectivity index (χ1v) is 11.6. The molecule has 0 bridgehead atoms. The van der Waals surface area contributed by atoms with E-state index < -0.39 is 48.7 Å². The number of benzene rings is 2. The summed E-state index contributed by atoms with van der Waals surface area (Å²) in [6.45, 7) is -0.563. The Bertz CT molecular complexity index is 942. The van der Waals surface area contributed by atoms with E-state index in [1.165, 1.54) is 0 Å². The van der Waals surface area contributed by atoms with Crippen LogP contribution >= 0.6 is 0 Å². The predicted octanol–water partition coefficient (Wildman–Crippen LogP) is 2.87. The monoisotopic (exact) mass is 470 g/mol. The van der Waals surface area contributed by atoms with Crippen LogP contribution in [0.1, 0.15) is 52.8 Å². The van der Waals surface area contributed by atoms with Crippen molar-refractivity contribution in [2.24, 2.45) is 0 Å². The average molecular weight is 471 g/mol. The Hall–Kier alpha value is -2.78. The maximum atomic E-state index is 12.8. The zero-order chi connectivity index (χ0) is 24.0. The molecule has 2 aliphatic rings. The van der Waals surface area contributed by atoms with Crippen LogP contribution in [-0.2, 0) is 18.9 Å². The van der Waals surface area contributed by atoms with Gasteiger partial charge in [-0.05, 0) is 37.1 Å². The molecule has 1 saturated carbocycles. The minimum atomic E-state index is -1.39. The Morgan fingerprint density at radius 1 is 0.912 bits per heavy atom. The van der Waals surface area contributed by atoms with Gasteiger partial charge in [0.25, 0.3) is 0 Å². The number of carbonyl (C=O) groups is 2. The van der Waals surface area contributed by atoms with Crippen molar-refractivity contribution in [2.45, 2.75) is 62.3 Å². The van der Waals surface area contributed by atoms with E-state index in [0.29, 0.717) is 0 Å². The highest BCUT2D eigenvalue weighted by atomic mass is 16.7. The second-order valence-electron chi connectivity index (χ2n) is 8.66. The molecule has 2 N–H and O–H groups in total. The summed E-state index contributed by atoms with van der Waals surface area (Å²) in [6.07, 6.45) is -0.438. The molecule has 8 heteroatoms. The fourth-order valence-electron chi connectivity index (χ4n) is 4.43. The third-order valence-electron chi connectivity index (χ3n) is 6.28. The highest BCUT2D eigenvalue weighted by Gasteiger charge is 2.48. The van der Waals surface area contributed by atoms with Gasteiger partial charge in [0, 0.05) is 12.8 Å². The third kappa shape index (κ3) is 5.64. The van der Waals surface area contributed by atoms with Gasteiger partial charge in [0.2, 0.25) is 0 Å². The van der Waals surface area contributed by atoms with Crippen LogP contribution in [0.3, 0.4) is 0 Å². The molecule has 1 spiro atoms. The molecule has 1 saturated heterocycles. The molecule has 182 valence electrons. The summed E-state index contributed by atoms with van der Waals surface area (Å²) in [5.41, 5.74) is 0.531. The summed E-state index contributed by atoms with van der Waals surface area (Å²) >= 11 is 0. The highest BCUT2D eigenvalue weighted by Crippen LogP contribution is 2.39. The summed E-state index contributed by atoms with van der Waals surface area (Å²) in [7, 11) is 0. The van der Waals surface area contributed by atoms with Crippen LogP contribution in [0.4, 0.5) is 0 Å². The van der Waals surface area contributed by atoms with E-state index in [1.54, 1.807) is 60.7 Å². The number of hydrogen-bond donors (Lipinski definition) is 2. The molecular formula is C26H30O8. The molecule has 0 amide bonds. The zero-order valence-corrected chi connectivity index (χ0v) is 18.9. The van der Waals surface area contributed by atoms with Crippen molar-refractivity contribution >= 4 is 11.9 Å². The molecule has 0 radical (unpaired) electrons. The number of carbonyl (C=O) groups excluding carboxylic acids is 2. The smallest absolute Gasteiger partial charge is 0.338 e. The van der Waals surface area contributed by atoms with Crippen molar-refractivity contribution in [3.8, 4) is 0 Å². The average Bonchev–Trinajstić information content (AvgIpc) is 3.29. The minimum Gasteiger partial charge on any atom is -0.452 e. The lowest BCUT2D eigenvalue weighted by Gasteiger charge is -2.34. The maximum Gasteiger partial charge on any atom is 0.338 e. The summed E-state index contributed by atoms with van der Waals surface area (Å²) in [5.74, 6) is -2.18. The second kappa shape index (κ2) is 11.1. The van der Waals surface area contributed by atoms with Crippen LogP contribution in [0.25, 0.3) is 0 Å². The fraction of sp³-hybridized carbons (Fsp3) is 0.462. The molecule has 2 aromatic rings. The third-order valence-corrected chi connectivity index (χ3v) is 6.28. The van der Waals surface area contributed by atoms with Gasteiger partial charge in [0.05, 0.1) is 24.3 Å². The molecule has 1 aliphatic carbocycles. The molecule has 1 aliphatic heterocycles. The van der Waals surface area contributed by atoms with Crippen LogP contribution in [0.5, 0.6) is 0 Å². The fourth-order valence-corrected chi connectivity index (χ4v) is 4.43. The van der Waals surface area contributed by atoms with E-state index >= 15 is 0 Å². The number of ether oxygens (including phenoxy) is 4. The van der Waals surface area contributed by atoms with E-state index in [9.17, 15) is 19.8 Å². The van der Waals surface area contributed by atoms with E-state index in [4.69, 9.17) is 18.9 Å². The largest absolute Gasteiger partial charge is 0.452 e. The van der Waals surface area contributed by atoms with E-state index in [1.807, 2.05) is 0 Å². The predicted molar refractivity (Wildman–Crippen MR) is 121 cm³/mol. The Labute approximate surface area is 198 Å². The molecule has 8 nitrogen and oxygen atoms in total. The maximum absolute atomic E-state index is 12.8. The molecular weight excluding hydrogens is 440 g/mol. The second-order valence-corrected chi connectivity index (χ2v) is 8.66. The molecule has 2 aromatic carbocycles. The lowest BCUT2D eigenvalue weighted by atomic mass is 9.94. The van der Waals surface area contributed by atoms with Crippen molar-refractivity contribution in [3.05, 3.63) is 71.8 Å². The van der Waals surface area contributed by atoms with Crippen molar-refractivity contribution in [1.82, 2.24) is 0 Å². The lowest BCUT2D eigenvalue weighted by molar-refractivity contribution is -0.205. The summed E-state index contributed by atoms with van der Waals surface area (Å²) < 4.78 is 23.1. The van der Waals surface area contributed by atoms with Crippen molar-refractivity contribution in [1.29, 1.82) is 0 Å². The van der Waals surface area contributed by atoms with E-state index in [-0.39, 0.29) is 17.7 Å². The van der Waals surface area contributed by atoms with Crippen LogP contribution in [-0.4, -0.2) is 65.6 Å². The van der Waals surface area contributed by atoms with Gasteiger partial charge < -0.3 is 29.2 Å². The summed E-state index contributed by atoms with van der Waals surface area (Å²) in [5, 5.41) is 21.3. The Balaban J connectivity index is 1.53. The van der Waals surface area contributed by atoms with Crippen LogP contribution in [0.2, 0.25) is 0 Å². The Kier molecular flexibility index (Phi) is 7.95.